The van der Waals surface area contributed by atoms with Gasteiger partial charge in [-0.15, -0.1) is 0 Å². The van der Waals surface area contributed by atoms with Crippen molar-refractivity contribution in [1.82, 2.24) is 4.98 Å². The van der Waals surface area contributed by atoms with E-state index < -0.39 is 0 Å². The number of hydrogen-bond donors (Lipinski definition) is 1. The minimum Gasteiger partial charge on any atom is -0.327 e. The van der Waals surface area contributed by atoms with Crippen molar-refractivity contribution < 1.29 is 0 Å². The van der Waals surface area contributed by atoms with E-state index in [0.717, 1.165) is 12.1 Å². The normalized spacial score (nSPS) is 15.5. The van der Waals surface area contributed by atoms with E-state index in [9.17, 15) is 0 Å². The van der Waals surface area contributed by atoms with Crippen LogP contribution in [0.4, 0.5) is 0 Å². The Morgan fingerprint density at radius 2 is 2.00 bits per heavy atom. The SMILES string of the molecule is CC(C)C(C)C(N)Cc1ccccn1. The molecule has 0 aromatic carbocycles. The average molecular weight is 192 g/mol. The molecular weight excluding hydrogens is 172 g/mol. The van der Waals surface area contributed by atoms with Crippen molar-refractivity contribution in [3.63, 3.8) is 0 Å². The second-order valence-electron chi connectivity index (χ2n) is 4.29. The first-order valence-electron chi connectivity index (χ1n) is 5.26. The average Bonchev–Trinajstić information content (AvgIpc) is 2.18. The van der Waals surface area contributed by atoms with Gasteiger partial charge in [-0.05, 0) is 24.0 Å². The Labute approximate surface area is 86.5 Å². The van der Waals surface area contributed by atoms with Gasteiger partial charge < -0.3 is 5.73 Å². The smallest absolute Gasteiger partial charge is 0.0419 e. The Balaban J connectivity index is 2.53. The number of pyridine rings is 1. The molecule has 0 fully saturated rings. The van der Waals surface area contributed by atoms with Crippen molar-refractivity contribution in [2.75, 3.05) is 0 Å². The molecule has 0 aliphatic rings. The van der Waals surface area contributed by atoms with Crippen molar-refractivity contribution in [1.29, 1.82) is 0 Å². The van der Waals surface area contributed by atoms with Gasteiger partial charge in [0.25, 0.3) is 0 Å². The van der Waals surface area contributed by atoms with E-state index in [-0.39, 0.29) is 6.04 Å². The molecule has 1 aromatic rings. The standard InChI is InChI=1S/C12H20N2/c1-9(2)10(3)12(13)8-11-6-4-5-7-14-11/h4-7,9-10,12H,8,13H2,1-3H3. The Morgan fingerprint density at radius 3 is 2.50 bits per heavy atom. The molecule has 0 saturated heterocycles. The summed E-state index contributed by atoms with van der Waals surface area (Å²) in [7, 11) is 0. The van der Waals surface area contributed by atoms with Crippen LogP contribution in [-0.4, -0.2) is 11.0 Å². The van der Waals surface area contributed by atoms with Crippen LogP contribution in [0.5, 0.6) is 0 Å². The molecule has 1 rings (SSSR count). The molecule has 2 N–H and O–H groups in total. The van der Waals surface area contributed by atoms with Crippen molar-refractivity contribution in [2.24, 2.45) is 17.6 Å². The number of aromatic nitrogens is 1. The largest absolute Gasteiger partial charge is 0.327 e. The number of rotatable bonds is 4. The number of nitrogens with two attached hydrogens (primary N) is 1. The van der Waals surface area contributed by atoms with Gasteiger partial charge in [0.1, 0.15) is 0 Å². The molecular formula is C12H20N2. The maximum absolute atomic E-state index is 6.11. The van der Waals surface area contributed by atoms with Gasteiger partial charge in [0.2, 0.25) is 0 Å². The van der Waals surface area contributed by atoms with Gasteiger partial charge >= 0.3 is 0 Å². The van der Waals surface area contributed by atoms with Gasteiger partial charge in [-0.1, -0.05) is 26.8 Å². The van der Waals surface area contributed by atoms with Crippen molar-refractivity contribution >= 4 is 0 Å². The Hall–Kier alpha value is -0.890. The summed E-state index contributed by atoms with van der Waals surface area (Å²) in [4.78, 5) is 4.28. The zero-order valence-electron chi connectivity index (χ0n) is 9.27. The van der Waals surface area contributed by atoms with Crippen LogP contribution in [0.2, 0.25) is 0 Å². The molecule has 1 aromatic heterocycles. The summed E-state index contributed by atoms with van der Waals surface area (Å²) < 4.78 is 0. The highest BCUT2D eigenvalue weighted by atomic mass is 14.7. The van der Waals surface area contributed by atoms with Crippen molar-refractivity contribution in [3.8, 4) is 0 Å². The van der Waals surface area contributed by atoms with Gasteiger partial charge in [-0.25, -0.2) is 0 Å². The molecule has 0 radical (unpaired) electrons. The van der Waals surface area contributed by atoms with Crippen LogP contribution in [-0.2, 0) is 6.42 Å². The summed E-state index contributed by atoms with van der Waals surface area (Å²) in [5.41, 5.74) is 7.20. The summed E-state index contributed by atoms with van der Waals surface area (Å²) in [5, 5.41) is 0. The van der Waals surface area contributed by atoms with Gasteiger partial charge in [0.05, 0.1) is 0 Å². The lowest BCUT2D eigenvalue weighted by molar-refractivity contribution is 0.343. The Bertz CT molecular complexity index is 256. The molecule has 1 heterocycles. The van der Waals surface area contributed by atoms with E-state index in [1.165, 1.54) is 0 Å². The van der Waals surface area contributed by atoms with Crippen LogP contribution >= 0.6 is 0 Å². The lowest BCUT2D eigenvalue weighted by Gasteiger charge is -2.22. The molecule has 0 spiro atoms. The summed E-state index contributed by atoms with van der Waals surface area (Å²) in [5.74, 6) is 1.17. The predicted octanol–water partition coefficient (Wildman–Crippen LogP) is 2.24. The fourth-order valence-corrected chi connectivity index (χ4v) is 1.44. The fourth-order valence-electron chi connectivity index (χ4n) is 1.44. The molecule has 2 nitrogen and oxygen atoms in total. The van der Waals surface area contributed by atoms with Crippen LogP contribution in [0.25, 0.3) is 0 Å². The molecule has 14 heavy (non-hydrogen) atoms. The van der Waals surface area contributed by atoms with E-state index >= 15 is 0 Å². The number of hydrogen-bond acceptors (Lipinski definition) is 2. The Kier molecular flexibility index (Phi) is 4.08. The molecule has 0 aliphatic heterocycles. The highest BCUT2D eigenvalue weighted by Gasteiger charge is 2.16. The van der Waals surface area contributed by atoms with Crippen LogP contribution in [0, 0.1) is 11.8 Å². The molecule has 2 unspecified atom stereocenters. The molecule has 0 aliphatic carbocycles. The summed E-state index contributed by atoms with van der Waals surface area (Å²) in [6, 6.07) is 6.19. The van der Waals surface area contributed by atoms with Crippen LogP contribution < -0.4 is 5.73 Å². The topological polar surface area (TPSA) is 38.9 Å². The van der Waals surface area contributed by atoms with Gasteiger partial charge in [-0.3, -0.25) is 4.98 Å². The maximum atomic E-state index is 6.11. The van der Waals surface area contributed by atoms with E-state index in [1.807, 2.05) is 24.4 Å². The third-order valence-electron chi connectivity index (χ3n) is 2.90. The van der Waals surface area contributed by atoms with Crippen molar-refractivity contribution in [3.05, 3.63) is 30.1 Å². The third kappa shape index (κ3) is 3.11. The maximum Gasteiger partial charge on any atom is 0.0419 e. The minimum absolute atomic E-state index is 0.213. The molecule has 2 heteroatoms. The third-order valence-corrected chi connectivity index (χ3v) is 2.90. The van der Waals surface area contributed by atoms with E-state index in [1.54, 1.807) is 0 Å². The highest BCUT2D eigenvalue weighted by molar-refractivity contribution is 5.05. The molecule has 0 bridgehead atoms. The minimum atomic E-state index is 0.213. The van der Waals surface area contributed by atoms with Crippen LogP contribution in [0.1, 0.15) is 26.5 Å². The first kappa shape index (κ1) is 11.2. The second-order valence-corrected chi connectivity index (χ2v) is 4.29. The van der Waals surface area contributed by atoms with Gasteiger partial charge in [0, 0.05) is 24.4 Å². The summed E-state index contributed by atoms with van der Waals surface area (Å²) >= 11 is 0. The van der Waals surface area contributed by atoms with Crippen molar-refractivity contribution in [2.45, 2.75) is 33.2 Å². The zero-order valence-corrected chi connectivity index (χ0v) is 9.27. The van der Waals surface area contributed by atoms with E-state index in [0.29, 0.717) is 11.8 Å². The zero-order chi connectivity index (χ0) is 10.6. The van der Waals surface area contributed by atoms with E-state index in [2.05, 4.69) is 25.8 Å². The summed E-state index contributed by atoms with van der Waals surface area (Å²) in [6.45, 7) is 6.63. The lowest BCUT2D eigenvalue weighted by Crippen LogP contribution is -2.33. The second kappa shape index (κ2) is 5.11. The molecule has 78 valence electrons. The quantitative estimate of drug-likeness (QED) is 0.794. The first-order chi connectivity index (χ1) is 6.61. The lowest BCUT2D eigenvalue weighted by atomic mass is 9.88. The monoisotopic (exact) mass is 192 g/mol. The molecule has 2 atom stereocenters. The highest BCUT2D eigenvalue weighted by Crippen LogP contribution is 2.15. The van der Waals surface area contributed by atoms with Crippen LogP contribution in [0.3, 0.4) is 0 Å². The first-order valence-corrected chi connectivity index (χ1v) is 5.26. The van der Waals surface area contributed by atoms with Crippen LogP contribution in [0.15, 0.2) is 24.4 Å². The van der Waals surface area contributed by atoms with Gasteiger partial charge in [0.15, 0.2) is 0 Å². The molecule has 0 saturated carbocycles. The summed E-state index contributed by atoms with van der Waals surface area (Å²) in [6.07, 6.45) is 2.70. The number of nitrogens with zero attached hydrogens (tertiary/aromatic N) is 1. The molecule has 0 amide bonds. The predicted molar refractivity (Wildman–Crippen MR) is 59.9 cm³/mol. The Morgan fingerprint density at radius 1 is 1.29 bits per heavy atom. The fraction of sp³-hybridized carbons (Fsp3) is 0.583. The van der Waals surface area contributed by atoms with E-state index in [4.69, 9.17) is 5.73 Å². The van der Waals surface area contributed by atoms with Gasteiger partial charge in [-0.2, -0.15) is 0 Å².